The van der Waals surface area contributed by atoms with Gasteiger partial charge in [-0.25, -0.2) is 9.07 Å². The SMILES string of the molecule is CN(C)CCN(C)Cc1cnn(-c2ccc(-c3ccc(F)cc3)cc2)c1-c1ccc(Cl)cc1. The summed E-state index contributed by atoms with van der Waals surface area (Å²) < 4.78 is 15.3. The fourth-order valence-corrected chi connectivity index (χ4v) is 3.91. The summed E-state index contributed by atoms with van der Waals surface area (Å²) in [5.41, 5.74) is 6.25. The van der Waals surface area contributed by atoms with Crippen molar-refractivity contribution in [3.05, 3.63) is 95.4 Å². The quantitative estimate of drug-likeness (QED) is 0.321. The Morgan fingerprint density at radius 3 is 1.97 bits per heavy atom. The maximum absolute atomic E-state index is 13.3. The molecule has 0 atom stereocenters. The lowest BCUT2D eigenvalue weighted by molar-refractivity contribution is 0.276. The minimum absolute atomic E-state index is 0.234. The van der Waals surface area contributed by atoms with Gasteiger partial charge < -0.3 is 9.80 Å². The van der Waals surface area contributed by atoms with Crippen LogP contribution in [-0.2, 0) is 6.54 Å². The molecule has 4 aromatic rings. The van der Waals surface area contributed by atoms with Crippen molar-refractivity contribution < 1.29 is 4.39 Å². The molecule has 6 heteroatoms. The van der Waals surface area contributed by atoms with Gasteiger partial charge in [-0.3, -0.25) is 0 Å². The molecule has 4 rings (SSSR count). The van der Waals surface area contributed by atoms with Gasteiger partial charge in [0.1, 0.15) is 5.82 Å². The highest BCUT2D eigenvalue weighted by atomic mass is 35.5. The highest BCUT2D eigenvalue weighted by Crippen LogP contribution is 2.30. The van der Waals surface area contributed by atoms with Crippen molar-refractivity contribution in [3.63, 3.8) is 0 Å². The van der Waals surface area contributed by atoms with Crippen LogP contribution >= 0.6 is 11.6 Å². The molecule has 0 spiro atoms. The predicted octanol–water partition coefficient (Wildman–Crippen LogP) is 5.99. The van der Waals surface area contributed by atoms with Crippen molar-refractivity contribution in [2.45, 2.75) is 6.54 Å². The van der Waals surface area contributed by atoms with Crippen LogP contribution in [0.5, 0.6) is 0 Å². The Labute approximate surface area is 199 Å². The molecule has 0 saturated carbocycles. The minimum atomic E-state index is -0.234. The molecule has 0 unspecified atom stereocenters. The third-order valence-electron chi connectivity index (χ3n) is 5.62. The van der Waals surface area contributed by atoms with E-state index in [9.17, 15) is 4.39 Å². The second-order valence-electron chi connectivity index (χ2n) is 8.53. The Hall–Kier alpha value is -2.99. The Morgan fingerprint density at radius 1 is 0.788 bits per heavy atom. The van der Waals surface area contributed by atoms with Gasteiger partial charge in [0.25, 0.3) is 0 Å². The molecule has 0 bridgehead atoms. The summed E-state index contributed by atoms with van der Waals surface area (Å²) in [7, 11) is 6.30. The first-order chi connectivity index (χ1) is 15.9. The molecular weight excluding hydrogens is 435 g/mol. The second kappa shape index (κ2) is 10.3. The number of aromatic nitrogens is 2. The normalized spacial score (nSPS) is 11.5. The van der Waals surface area contributed by atoms with Crippen LogP contribution in [0.1, 0.15) is 5.56 Å². The number of nitrogens with zero attached hydrogens (tertiary/aromatic N) is 4. The van der Waals surface area contributed by atoms with Gasteiger partial charge in [-0.1, -0.05) is 48.0 Å². The zero-order chi connectivity index (χ0) is 23.4. The molecular formula is C27H28ClFN4. The van der Waals surface area contributed by atoms with Gasteiger partial charge in [0.2, 0.25) is 0 Å². The molecule has 33 heavy (non-hydrogen) atoms. The largest absolute Gasteiger partial charge is 0.308 e. The van der Waals surface area contributed by atoms with Gasteiger partial charge in [0.05, 0.1) is 17.6 Å². The van der Waals surface area contributed by atoms with E-state index in [1.807, 2.05) is 59.4 Å². The number of hydrogen-bond acceptors (Lipinski definition) is 3. The summed E-state index contributed by atoms with van der Waals surface area (Å²) in [4.78, 5) is 4.49. The summed E-state index contributed by atoms with van der Waals surface area (Å²) in [6, 6.07) is 22.6. The summed E-state index contributed by atoms with van der Waals surface area (Å²) in [5, 5.41) is 5.45. The van der Waals surface area contributed by atoms with Crippen molar-refractivity contribution in [3.8, 4) is 28.1 Å². The van der Waals surface area contributed by atoms with Crippen LogP contribution in [-0.4, -0.2) is 53.8 Å². The van der Waals surface area contributed by atoms with E-state index in [1.165, 1.54) is 12.1 Å². The molecule has 0 radical (unpaired) electrons. The van der Waals surface area contributed by atoms with Gasteiger partial charge in [-0.2, -0.15) is 5.10 Å². The fourth-order valence-electron chi connectivity index (χ4n) is 3.79. The molecule has 0 aliphatic carbocycles. The summed E-state index contributed by atoms with van der Waals surface area (Å²) in [6.07, 6.45) is 1.95. The van der Waals surface area contributed by atoms with Crippen molar-refractivity contribution in [2.75, 3.05) is 34.2 Å². The Morgan fingerprint density at radius 2 is 1.36 bits per heavy atom. The monoisotopic (exact) mass is 462 g/mol. The van der Waals surface area contributed by atoms with Crippen LogP contribution in [0.2, 0.25) is 5.02 Å². The third-order valence-corrected chi connectivity index (χ3v) is 5.87. The highest BCUT2D eigenvalue weighted by Gasteiger charge is 2.16. The van der Waals surface area contributed by atoms with Gasteiger partial charge in [0, 0.05) is 35.8 Å². The van der Waals surface area contributed by atoms with Crippen LogP contribution < -0.4 is 0 Å². The number of hydrogen-bond donors (Lipinski definition) is 0. The molecule has 1 aromatic heterocycles. The van der Waals surface area contributed by atoms with Crippen molar-refractivity contribution in [1.29, 1.82) is 0 Å². The van der Waals surface area contributed by atoms with E-state index >= 15 is 0 Å². The van der Waals surface area contributed by atoms with Crippen LogP contribution in [0, 0.1) is 5.82 Å². The predicted molar refractivity (Wildman–Crippen MR) is 134 cm³/mol. The molecule has 3 aromatic carbocycles. The number of likely N-dealkylation sites (N-methyl/N-ethyl adjacent to an activating group) is 2. The van der Waals surface area contributed by atoms with E-state index in [0.717, 1.165) is 53.3 Å². The molecule has 0 fully saturated rings. The van der Waals surface area contributed by atoms with E-state index in [1.54, 1.807) is 12.1 Å². The standard InChI is InChI=1S/C27H28ClFN4/c1-31(2)16-17-32(3)19-23-18-30-33(27(23)22-4-10-24(28)11-5-22)26-14-8-21(9-15-26)20-6-12-25(29)13-7-20/h4-15,18H,16-17,19H2,1-3H3. The topological polar surface area (TPSA) is 24.3 Å². The summed E-state index contributed by atoms with van der Waals surface area (Å²) in [6.45, 7) is 2.75. The van der Waals surface area contributed by atoms with E-state index in [2.05, 4.69) is 30.9 Å². The molecule has 0 amide bonds. The van der Waals surface area contributed by atoms with E-state index in [4.69, 9.17) is 16.7 Å². The lowest BCUT2D eigenvalue weighted by atomic mass is 10.0. The Bertz CT molecular complexity index is 1180. The molecule has 170 valence electrons. The average molecular weight is 463 g/mol. The summed E-state index contributed by atoms with van der Waals surface area (Å²) in [5.74, 6) is -0.234. The third kappa shape index (κ3) is 5.69. The van der Waals surface area contributed by atoms with Crippen LogP contribution in [0.4, 0.5) is 4.39 Å². The van der Waals surface area contributed by atoms with E-state index in [0.29, 0.717) is 5.02 Å². The zero-order valence-corrected chi connectivity index (χ0v) is 19.9. The van der Waals surface area contributed by atoms with Crippen LogP contribution in [0.3, 0.4) is 0 Å². The number of benzene rings is 3. The van der Waals surface area contributed by atoms with Crippen molar-refractivity contribution >= 4 is 11.6 Å². The molecule has 1 heterocycles. The molecule has 0 N–H and O–H groups in total. The Balaban J connectivity index is 1.68. The fraction of sp³-hybridized carbons (Fsp3) is 0.222. The van der Waals surface area contributed by atoms with Gasteiger partial charge >= 0.3 is 0 Å². The summed E-state index contributed by atoms with van der Waals surface area (Å²) >= 11 is 6.15. The molecule has 0 saturated heterocycles. The first-order valence-corrected chi connectivity index (χ1v) is 11.3. The lowest BCUT2D eigenvalue weighted by Crippen LogP contribution is -2.28. The molecule has 0 aliphatic rings. The number of halogens is 2. The molecule has 4 nitrogen and oxygen atoms in total. The first kappa shape index (κ1) is 23.2. The highest BCUT2D eigenvalue weighted by molar-refractivity contribution is 6.30. The first-order valence-electron chi connectivity index (χ1n) is 10.9. The van der Waals surface area contributed by atoms with Gasteiger partial charge in [-0.05, 0) is 68.7 Å². The second-order valence-corrected chi connectivity index (χ2v) is 8.97. The van der Waals surface area contributed by atoms with Crippen molar-refractivity contribution in [1.82, 2.24) is 19.6 Å². The van der Waals surface area contributed by atoms with Crippen molar-refractivity contribution in [2.24, 2.45) is 0 Å². The lowest BCUT2D eigenvalue weighted by Gasteiger charge is -2.20. The van der Waals surface area contributed by atoms with Crippen LogP contribution in [0.15, 0.2) is 79.0 Å². The van der Waals surface area contributed by atoms with Gasteiger partial charge in [0.15, 0.2) is 0 Å². The smallest absolute Gasteiger partial charge is 0.123 e. The van der Waals surface area contributed by atoms with Crippen LogP contribution in [0.25, 0.3) is 28.1 Å². The van der Waals surface area contributed by atoms with Gasteiger partial charge in [-0.15, -0.1) is 0 Å². The maximum Gasteiger partial charge on any atom is 0.123 e. The number of rotatable bonds is 8. The average Bonchev–Trinajstić information content (AvgIpc) is 3.22. The maximum atomic E-state index is 13.3. The minimum Gasteiger partial charge on any atom is -0.308 e. The van der Waals surface area contributed by atoms with E-state index < -0.39 is 0 Å². The zero-order valence-electron chi connectivity index (χ0n) is 19.2. The molecule has 0 aliphatic heterocycles. The van der Waals surface area contributed by atoms with E-state index in [-0.39, 0.29) is 5.82 Å². The Kier molecular flexibility index (Phi) is 7.23.